The topological polar surface area (TPSA) is 42.0 Å². The molecule has 2 aromatic rings. The van der Waals surface area contributed by atoms with Crippen molar-refractivity contribution in [2.45, 2.75) is 24.3 Å². The summed E-state index contributed by atoms with van der Waals surface area (Å²) in [6, 6.07) is 1.77. The maximum Gasteiger partial charge on any atom is 0.261 e. The van der Waals surface area contributed by atoms with Crippen LogP contribution in [0.15, 0.2) is 27.9 Å². The van der Waals surface area contributed by atoms with Crippen molar-refractivity contribution in [3.63, 3.8) is 0 Å². The molecule has 1 unspecified atom stereocenters. The van der Waals surface area contributed by atoms with E-state index in [1.807, 2.05) is 17.7 Å². The molecule has 90 valence electrons. The summed E-state index contributed by atoms with van der Waals surface area (Å²) in [5.74, 6) is -0.0580. The molecule has 2 heterocycles. The largest absolute Gasteiger partial charge is 0.342 e. The van der Waals surface area contributed by atoms with E-state index in [9.17, 15) is 4.79 Å². The number of carbonyl (C=O) groups is 1. The smallest absolute Gasteiger partial charge is 0.261 e. The highest BCUT2D eigenvalue weighted by atomic mass is 32.1. The van der Waals surface area contributed by atoms with Crippen molar-refractivity contribution in [2.75, 3.05) is 0 Å². The van der Waals surface area contributed by atoms with E-state index in [1.165, 1.54) is 11.3 Å². The van der Waals surface area contributed by atoms with E-state index in [1.54, 1.807) is 23.6 Å². The first kappa shape index (κ1) is 12.6. The lowest BCUT2D eigenvalue weighted by molar-refractivity contribution is 0.0939. The minimum Gasteiger partial charge on any atom is -0.342 e. The van der Waals surface area contributed by atoms with Crippen molar-refractivity contribution in [1.82, 2.24) is 10.3 Å². The van der Waals surface area contributed by atoms with Crippen LogP contribution in [-0.2, 0) is 0 Å². The first-order chi connectivity index (χ1) is 8.20. The SMILES string of the molecule is CCC(NC(=O)c1cc(S)cs1)c1nccs1. The van der Waals surface area contributed by atoms with Crippen molar-refractivity contribution >= 4 is 41.2 Å². The maximum atomic E-state index is 12.0. The Hall–Kier alpha value is -0.850. The van der Waals surface area contributed by atoms with Gasteiger partial charge in [0, 0.05) is 21.9 Å². The molecule has 17 heavy (non-hydrogen) atoms. The Morgan fingerprint density at radius 3 is 2.94 bits per heavy atom. The molecule has 2 rings (SSSR count). The number of rotatable bonds is 4. The molecule has 2 aromatic heterocycles. The number of thiazole rings is 1. The van der Waals surface area contributed by atoms with Crippen LogP contribution in [0.4, 0.5) is 0 Å². The van der Waals surface area contributed by atoms with Gasteiger partial charge in [0.2, 0.25) is 0 Å². The third-order valence-corrected chi connectivity index (χ3v) is 4.52. The first-order valence-electron chi connectivity index (χ1n) is 5.18. The second-order valence-corrected chi connectivity index (χ2v) is 5.83. The molecular weight excluding hydrogens is 272 g/mol. The lowest BCUT2D eigenvalue weighted by Gasteiger charge is -2.13. The zero-order valence-corrected chi connectivity index (χ0v) is 11.7. The number of thiophene rings is 1. The van der Waals surface area contributed by atoms with Crippen LogP contribution < -0.4 is 5.32 Å². The molecule has 0 spiro atoms. The van der Waals surface area contributed by atoms with Gasteiger partial charge in [0.05, 0.1) is 10.9 Å². The summed E-state index contributed by atoms with van der Waals surface area (Å²) in [6.07, 6.45) is 2.59. The van der Waals surface area contributed by atoms with Gasteiger partial charge in [-0.3, -0.25) is 4.79 Å². The quantitative estimate of drug-likeness (QED) is 0.845. The van der Waals surface area contributed by atoms with Crippen LogP contribution in [0.25, 0.3) is 0 Å². The van der Waals surface area contributed by atoms with Gasteiger partial charge in [-0.25, -0.2) is 4.98 Å². The summed E-state index contributed by atoms with van der Waals surface area (Å²) in [5.41, 5.74) is 0. The number of nitrogens with one attached hydrogen (secondary N) is 1. The fourth-order valence-electron chi connectivity index (χ4n) is 1.42. The Labute approximate surface area is 113 Å². The van der Waals surface area contributed by atoms with Crippen molar-refractivity contribution in [1.29, 1.82) is 0 Å². The van der Waals surface area contributed by atoms with Gasteiger partial charge in [-0.15, -0.1) is 35.3 Å². The normalized spacial score (nSPS) is 12.4. The number of hydrogen-bond donors (Lipinski definition) is 2. The van der Waals surface area contributed by atoms with Gasteiger partial charge in [0.1, 0.15) is 5.01 Å². The second-order valence-electron chi connectivity index (χ2n) is 3.47. The third-order valence-electron chi connectivity index (χ3n) is 2.27. The van der Waals surface area contributed by atoms with Crippen molar-refractivity contribution in [3.8, 4) is 0 Å². The van der Waals surface area contributed by atoms with Gasteiger partial charge in [0.15, 0.2) is 0 Å². The molecule has 0 aliphatic heterocycles. The Morgan fingerprint density at radius 1 is 1.59 bits per heavy atom. The van der Waals surface area contributed by atoms with E-state index >= 15 is 0 Å². The summed E-state index contributed by atoms with van der Waals surface area (Å²) in [5, 5.41) is 7.70. The average Bonchev–Trinajstić information content (AvgIpc) is 2.96. The van der Waals surface area contributed by atoms with Crippen LogP contribution >= 0.6 is 35.3 Å². The summed E-state index contributed by atoms with van der Waals surface area (Å²) in [6.45, 7) is 2.03. The van der Waals surface area contributed by atoms with Crippen molar-refractivity contribution in [2.24, 2.45) is 0 Å². The highest BCUT2D eigenvalue weighted by molar-refractivity contribution is 7.80. The molecule has 1 N–H and O–H groups in total. The first-order valence-corrected chi connectivity index (χ1v) is 7.39. The molecule has 1 amide bonds. The van der Waals surface area contributed by atoms with Gasteiger partial charge >= 0.3 is 0 Å². The number of amides is 1. The molecule has 0 aliphatic carbocycles. The second kappa shape index (κ2) is 5.66. The zero-order chi connectivity index (χ0) is 12.3. The summed E-state index contributed by atoms with van der Waals surface area (Å²) < 4.78 is 0. The van der Waals surface area contributed by atoms with Crippen molar-refractivity contribution < 1.29 is 4.79 Å². The molecular formula is C11H12N2OS3. The van der Waals surface area contributed by atoms with E-state index in [0.29, 0.717) is 4.88 Å². The van der Waals surface area contributed by atoms with Crippen LogP contribution in [0.5, 0.6) is 0 Å². The molecule has 0 fully saturated rings. The predicted octanol–water partition coefficient (Wildman–Crippen LogP) is 3.37. The van der Waals surface area contributed by atoms with Crippen LogP contribution in [0.1, 0.15) is 34.1 Å². The Balaban J connectivity index is 2.07. The molecule has 0 saturated heterocycles. The minimum absolute atomic E-state index is 0.00651. The van der Waals surface area contributed by atoms with Gasteiger partial charge in [-0.05, 0) is 12.5 Å². The highest BCUT2D eigenvalue weighted by Crippen LogP contribution is 2.22. The maximum absolute atomic E-state index is 12.0. The predicted molar refractivity (Wildman–Crippen MR) is 74.2 cm³/mol. The standard InChI is InChI=1S/C11H12N2OS3/c1-2-8(11-12-3-4-16-11)13-10(14)9-5-7(15)6-17-9/h3-6,8,15H,2H2,1H3,(H,13,14). The lowest BCUT2D eigenvalue weighted by atomic mass is 10.2. The summed E-state index contributed by atoms with van der Waals surface area (Å²) in [7, 11) is 0. The molecule has 0 bridgehead atoms. The van der Waals surface area contributed by atoms with Gasteiger partial charge in [-0.1, -0.05) is 6.92 Å². The van der Waals surface area contributed by atoms with E-state index in [4.69, 9.17) is 0 Å². The summed E-state index contributed by atoms with van der Waals surface area (Å²) in [4.78, 5) is 17.7. The molecule has 1 atom stereocenters. The Bertz CT molecular complexity index is 493. The number of thiol groups is 1. The molecule has 6 heteroatoms. The van der Waals surface area contributed by atoms with Gasteiger partial charge in [0.25, 0.3) is 5.91 Å². The summed E-state index contributed by atoms with van der Waals surface area (Å²) >= 11 is 7.16. The van der Waals surface area contributed by atoms with E-state index < -0.39 is 0 Å². The molecule has 0 aromatic carbocycles. The average molecular weight is 284 g/mol. The van der Waals surface area contributed by atoms with E-state index in [0.717, 1.165) is 16.3 Å². The highest BCUT2D eigenvalue weighted by Gasteiger charge is 2.16. The third kappa shape index (κ3) is 3.08. The number of nitrogens with zero attached hydrogens (tertiary/aromatic N) is 1. The molecule has 0 aliphatic rings. The lowest BCUT2D eigenvalue weighted by Crippen LogP contribution is -2.27. The van der Waals surface area contributed by atoms with Gasteiger partial charge in [-0.2, -0.15) is 0 Å². The van der Waals surface area contributed by atoms with Crippen LogP contribution in [0.2, 0.25) is 0 Å². The minimum atomic E-state index is -0.0580. The Morgan fingerprint density at radius 2 is 2.41 bits per heavy atom. The Kier molecular flexibility index (Phi) is 4.20. The number of hydrogen-bond acceptors (Lipinski definition) is 5. The van der Waals surface area contributed by atoms with E-state index in [2.05, 4.69) is 22.9 Å². The number of carbonyl (C=O) groups excluding carboxylic acids is 1. The zero-order valence-electron chi connectivity index (χ0n) is 9.21. The molecule has 0 saturated carbocycles. The fourth-order valence-corrected chi connectivity index (χ4v) is 3.24. The van der Waals surface area contributed by atoms with Crippen molar-refractivity contribution in [3.05, 3.63) is 32.9 Å². The molecule has 3 nitrogen and oxygen atoms in total. The van der Waals surface area contributed by atoms with Crippen LogP contribution in [0.3, 0.4) is 0 Å². The van der Waals surface area contributed by atoms with Gasteiger partial charge < -0.3 is 5.32 Å². The molecule has 0 radical (unpaired) electrons. The van der Waals surface area contributed by atoms with E-state index in [-0.39, 0.29) is 11.9 Å². The number of aromatic nitrogens is 1. The fraction of sp³-hybridized carbons (Fsp3) is 0.273. The monoisotopic (exact) mass is 284 g/mol. The van der Waals surface area contributed by atoms with Crippen LogP contribution in [-0.4, -0.2) is 10.9 Å². The van der Waals surface area contributed by atoms with Crippen LogP contribution in [0, 0.1) is 0 Å².